The standard InChI is InChI=1S/C12H22N2O2/c15-10-9-13-8-4-5-11(13)12(16)14-6-2-1-3-7-14/h11,15H,1-10H2. The van der Waals surface area contributed by atoms with E-state index in [9.17, 15) is 4.79 Å². The lowest BCUT2D eigenvalue weighted by Crippen LogP contribution is -2.48. The summed E-state index contributed by atoms with van der Waals surface area (Å²) in [6, 6.07) is 0.0465. The fraction of sp³-hybridized carbons (Fsp3) is 0.917. The third-order valence-corrected chi connectivity index (χ3v) is 3.70. The number of nitrogens with zero attached hydrogens (tertiary/aromatic N) is 2. The first-order valence-corrected chi connectivity index (χ1v) is 6.46. The quantitative estimate of drug-likeness (QED) is 0.760. The Bertz CT molecular complexity index is 239. The summed E-state index contributed by atoms with van der Waals surface area (Å²) in [4.78, 5) is 16.4. The fourth-order valence-corrected chi connectivity index (χ4v) is 2.83. The van der Waals surface area contributed by atoms with Crippen LogP contribution < -0.4 is 0 Å². The molecule has 1 N–H and O–H groups in total. The van der Waals surface area contributed by atoms with Gasteiger partial charge in [0.25, 0.3) is 0 Å². The minimum Gasteiger partial charge on any atom is -0.395 e. The van der Waals surface area contributed by atoms with Gasteiger partial charge in [-0.25, -0.2) is 0 Å². The molecule has 2 rings (SSSR count). The van der Waals surface area contributed by atoms with Gasteiger partial charge in [0.15, 0.2) is 0 Å². The minimum absolute atomic E-state index is 0.0465. The summed E-state index contributed by atoms with van der Waals surface area (Å²) in [5, 5.41) is 8.97. The van der Waals surface area contributed by atoms with E-state index in [0.717, 1.165) is 45.3 Å². The van der Waals surface area contributed by atoms with Crippen molar-refractivity contribution in [2.24, 2.45) is 0 Å². The molecule has 4 heteroatoms. The highest BCUT2D eigenvalue weighted by Gasteiger charge is 2.33. The first-order chi connectivity index (χ1) is 7.83. The molecule has 2 aliphatic heterocycles. The third-order valence-electron chi connectivity index (χ3n) is 3.70. The molecule has 92 valence electrons. The number of piperidine rings is 1. The number of rotatable bonds is 3. The molecule has 0 aromatic carbocycles. The molecule has 0 aromatic rings. The summed E-state index contributed by atoms with van der Waals surface area (Å²) in [6.07, 6.45) is 5.62. The first-order valence-electron chi connectivity index (χ1n) is 6.46. The Morgan fingerprint density at radius 3 is 2.56 bits per heavy atom. The molecular weight excluding hydrogens is 204 g/mol. The van der Waals surface area contributed by atoms with Crippen molar-refractivity contribution in [1.29, 1.82) is 0 Å². The smallest absolute Gasteiger partial charge is 0.239 e. The molecule has 0 radical (unpaired) electrons. The lowest BCUT2D eigenvalue weighted by Gasteiger charge is -2.32. The number of amides is 1. The third kappa shape index (κ3) is 2.55. The summed E-state index contributed by atoms with van der Waals surface area (Å²) in [5.74, 6) is 0.297. The Kier molecular flexibility index (Phi) is 4.18. The SMILES string of the molecule is O=C(C1CCCN1CCO)N1CCCCC1. The monoisotopic (exact) mass is 226 g/mol. The van der Waals surface area contributed by atoms with Crippen LogP contribution in [0, 0.1) is 0 Å². The van der Waals surface area contributed by atoms with E-state index in [-0.39, 0.29) is 12.6 Å². The Hall–Kier alpha value is -0.610. The topological polar surface area (TPSA) is 43.8 Å². The number of hydrogen-bond acceptors (Lipinski definition) is 3. The molecule has 0 spiro atoms. The van der Waals surface area contributed by atoms with Crippen LogP contribution in [-0.4, -0.2) is 59.6 Å². The van der Waals surface area contributed by atoms with E-state index in [4.69, 9.17) is 5.11 Å². The molecule has 0 aromatic heterocycles. The Morgan fingerprint density at radius 2 is 1.88 bits per heavy atom. The molecule has 0 saturated carbocycles. The number of β-amino-alcohol motifs (C(OH)–C–C–N with tert-alkyl or cyclic N) is 1. The number of aliphatic hydroxyl groups excluding tert-OH is 1. The zero-order valence-electron chi connectivity index (χ0n) is 9.90. The van der Waals surface area contributed by atoms with Crippen LogP contribution in [0.3, 0.4) is 0 Å². The van der Waals surface area contributed by atoms with Crippen LogP contribution >= 0.6 is 0 Å². The molecule has 0 bridgehead atoms. The second-order valence-corrected chi connectivity index (χ2v) is 4.80. The van der Waals surface area contributed by atoms with Gasteiger partial charge >= 0.3 is 0 Å². The largest absolute Gasteiger partial charge is 0.395 e. The van der Waals surface area contributed by atoms with Crippen molar-refractivity contribution in [3.05, 3.63) is 0 Å². The maximum absolute atomic E-state index is 12.3. The lowest BCUT2D eigenvalue weighted by molar-refractivity contribution is -0.137. The molecule has 0 aliphatic carbocycles. The molecule has 1 atom stereocenters. The highest BCUT2D eigenvalue weighted by molar-refractivity contribution is 5.82. The molecule has 1 amide bonds. The van der Waals surface area contributed by atoms with Gasteiger partial charge in [-0.1, -0.05) is 0 Å². The predicted molar refractivity (Wildman–Crippen MR) is 62.1 cm³/mol. The summed E-state index contributed by atoms with van der Waals surface area (Å²) in [5.41, 5.74) is 0. The van der Waals surface area contributed by atoms with Crippen molar-refractivity contribution in [1.82, 2.24) is 9.80 Å². The highest BCUT2D eigenvalue weighted by Crippen LogP contribution is 2.20. The van der Waals surface area contributed by atoms with Crippen LogP contribution in [-0.2, 0) is 4.79 Å². The average Bonchev–Trinajstić information content (AvgIpc) is 2.78. The van der Waals surface area contributed by atoms with E-state index in [1.165, 1.54) is 6.42 Å². The van der Waals surface area contributed by atoms with E-state index in [1.54, 1.807) is 0 Å². The molecule has 4 nitrogen and oxygen atoms in total. The zero-order chi connectivity index (χ0) is 11.4. The Morgan fingerprint density at radius 1 is 1.12 bits per heavy atom. The van der Waals surface area contributed by atoms with Gasteiger partial charge in [0.2, 0.25) is 5.91 Å². The number of carbonyl (C=O) groups is 1. The number of hydrogen-bond donors (Lipinski definition) is 1. The van der Waals surface area contributed by atoms with Crippen LogP contribution in [0.25, 0.3) is 0 Å². The summed E-state index contributed by atoms with van der Waals surface area (Å²) >= 11 is 0. The van der Waals surface area contributed by atoms with Crippen molar-refractivity contribution in [3.8, 4) is 0 Å². The number of likely N-dealkylation sites (tertiary alicyclic amines) is 2. The molecule has 16 heavy (non-hydrogen) atoms. The van der Waals surface area contributed by atoms with Crippen LogP contribution in [0.1, 0.15) is 32.1 Å². The van der Waals surface area contributed by atoms with E-state index >= 15 is 0 Å². The number of carbonyl (C=O) groups excluding carboxylic acids is 1. The van der Waals surface area contributed by atoms with Gasteiger partial charge in [-0.2, -0.15) is 0 Å². The van der Waals surface area contributed by atoms with E-state index in [2.05, 4.69) is 4.90 Å². The summed E-state index contributed by atoms with van der Waals surface area (Å²) < 4.78 is 0. The maximum atomic E-state index is 12.3. The second kappa shape index (κ2) is 5.64. The van der Waals surface area contributed by atoms with E-state index in [1.807, 2.05) is 4.90 Å². The number of aliphatic hydroxyl groups is 1. The Labute approximate surface area is 97.2 Å². The maximum Gasteiger partial charge on any atom is 0.239 e. The first kappa shape index (κ1) is 11.9. The zero-order valence-corrected chi connectivity index (χ0v) is 9.90. The van der Waals surface area contributed by atoms with Crippen molar-refractivity contribution in [2.75, 3.05) is 32.8 Å². The van der Waals surface area contributed by atoms with Gasteiger partial charge in [0.05, 0.1) is 12.6 Å². The van der Waals surface area contributed by atoms with E-state index in [0.29, 0.717) is 12.5 Å². The molecule has 2 saturated heterocycles. The highest BCUT2D eigenvalue weighted by atomic mass is 16.3. The van der Waals surface area contributed by atoms with Crippen molar-refractivity contribution in [3.63, 3.8) is 0 Å². The normalized spacial score (nSPS) is 27.3. The lowest BCUT2D eigenvalue weighted by atomic mass is 10.1. The predicted octanol–water partition coefficient (Wildman–Crippen LogP) is 0.456. The van der Waals surface area contributed by atoms with Gasteiger partial charge in [-0.3, -0.25) is 9.69 Å². The van der Waals surface area contributed by atoms with E-state index < -0.39 is 0 Å². The van der Waals surface area contributed by atoms with Gasteiger partial charge in [-0.05, 0) is 38.6 Å². The van der Waals surface area contributed by atoms with Crippen LogP contribution in [0.5, 0.6) is 0 Å². The second-order valence-electron chi connectivity index (χ2n) is 4.80. The van der Waals surface area contributed by atoms with Crippen molar-refractivity contribution >= 4 is 5.91 Å². The minimum atomic E-state index is 0.0465. The van der Waals surface area contributed by atoms with Crippen molar-refractivity contribution in [2.45, 2.75) is 38.1 Å². The van der Waals surface area contributed by atoms with Crippen LogP contribution in [0.2, 0.25) is 0 Å². The molecule has 1 unspecified atom stereocenters. The van der Waals surface area contributed by atoms with Gasteiger partial charge in [0, 0.05) is 19.6 Å². The summed E-state index contributed by atoms with van der Waals surface area (Å²) in [7, 11) is 0. The average molecular weight is 226 g/mol. The van der Waals surface area contributed by atoms with Crippen LogP contribution in [0.15, 0.2) is 0 Å². The van der Waals surface area contributed by atoms with Crippen LogP contribution in [0.4, 0.5) is 0 Å². The fourth-order valence-electron chi connectivity index (χ4n) is 2.83. The van der Waals surface area contributed by atoms with Gasteiger partial charge in [0.1, 0.15) is 0 Å². The van der Waals surface area contributed by atoms with Gasteiger partial charge in [-0.15, -0.1) is 0 Å². The van der Waals surface area contributed by atoms with Crippen molar-refractivity contribution < 1.29 is 9.90 Å². The van der Waals surface area contributed by atoms with Gasteiger partial charge < -0.3 is 10.0 Å². The molecule has 2 heterocycles. The molecular formula is C12H22N2O2. The molecule has 2 aliphatic rings. The summed E-state index contributed by atoms with van der Waals surface area (Å²) in [6.45, 7) is 3.63. The molecule has 2 fully saturated rings. The Balaban J connectivity index is 1.91.